The Morgan fingerprint density at radius 2 is 2.00 bits per heavy atom. The van der Waals surface area contributed by atoms with Crippen LogP contribution in [-0.2, 0) is 10.2 Å². The van der Waals surface area contributed by atoms with Crippen molar-refractivity contribution in [2.75, 3.05) is 18.6 Å². The molecular formula is C21H21Cl2N3O2. The molecule has 0 bridgehead atoms. The highest BCUT2D eigenvalue weighted by atomic mass is 35.5. The lowest BCUT2D eigenvalue weighted by molar-refractivity contribution is -0.123. The van der Waals surface area contributed by atoms with Gasteiger partial charge in [0.1, 0.15) is 5.75 Å². The number of hydrogen-bond donors (Lipinski definition) is 1. The van der Waals surface area contributed by atoms with Gasteiger partial charge in [0.25, 0.3) is 5.91 Å². The third-order valence-corrected chi connectivity index (χ3v) is 5.22. The van der Waals surface area contributed by atoms with Gasteiger partial charge in [-0.3, -0.25) is 4.79 Å². The highest BCUT2D eigenvalue weighted by Crippen LogP contribution is 2.46. The predicted octanol–water partition coefficient (Wildman–Crippen LogP) is 4.79. The molecule has 5 nitrogen and oxygen atoms in total. The van der Waals surface area contributed by atoms with Crippen molar-refractivity contribution in [1.82, 2.24) is 5.43 Å². The number of nitrogens with one attached hydrogen (secondary N) is 1. The molecule has 1 amide bonds. The Hall–Kier alpha value is -2.50. The van der Waals surface area contributed by atoms with Gasteiger partial charge in [-0.1, -0.05) is 55.2 Å². The quantitative estimate of drug-likeness (QED) is 0.562. The van der Waals surface area contributed by atoms with Crippen LogP contribution in [0.4, 0.5) is 5.69 Å². The number of hydrogen-bond acceptors (Lipinski definition) is 4. The first-order valence-corrected chi connectivity index (χ1v) is 9.50. The number of fused-ring (bicyclic) bond motifs is 1. The van der Waals surface area contributed by atoms with Gasteiger partial charge in [0.15, 0.2) is 6.61 Å². The van der Waals surface area contributed by atoms with Crippen molar-refractivity contribution >= 4 is 41.0 Å². The van der Waals surface area contributed by atoms with E-state index in [1.807, 2.05) is 25.3 Å². The number of para-hydroxylation sites is 1. The van der Waals surface area contributed by atoms with Gasteiger partial charge in [0.05, 0.1) is 5.02 Å². The zero-order valence-corrected chi connectivity index (χ0v) is 17.4. The lowest BCUT2D eigenvalue weighted by Crippen LogP contribution is -2.25. The lowest BCUT2D eigenvalue weighted by atomic mass is 9.84. The minimum absolute atomic E-state index is 0.143. The molecule has 0 unspecified atom stereocenters. The van der Waals surface area contributed by atoms with Gasteiger partial charge in [-0.15, -0.1) is 0 Å². The van der Waals surface area contributed by atoms with Gasteiger partial charge in [0.2, 0.25) is 0 Å². The number of rotatable bonds is 5. The van der Waals surface area contributed by atoms with Gasteiger partial charge in [-0.05, 0) is 35.9 Å². The molecule has 7 heteroatoms. The van der Waals surface area contributed by atoms with Crippen LogP contribution < -0.4 is 15.1 Å². The molecule has 146 valence electrons. The number of ether oxygens (including phenoxy) is 1. The molecule has 0 spiro atoms. The smallest absolute Gasteiger partial charge is 0.277 e. The summed E-state index contributed by atoms with van der Waals surface area (Å²) in [5, 5.41) is 4.83. The summed E-state index contributed by atoms with van der Waals surface area (Å²) < 4.78 is 5.38. The van der Waals surface area contributed by atoms with Gasteiger partial charge in [-0.2, -0.15) is 5.10 Å². The van der Waals surface area contributed by atoms with Gasteiger partial charge >= 0.3 is 0 Å². The molecule has 1 aliphatic heterocycles. The summed E-state index contributed by atoms with van der Waals surface area (Å²) in [5.41, 5.74) is 5.82. The number of nitrogens with zero attached hydrogens (tertiary/aromatic N) is 2. The van der Waals surface area contributed by atoms with Crippen molar-refractivity contribution in [3.05, 3.63) is 69.8 Å². The number of carbonyl (C=O) groups excluding carboxylic acids is 1. The van der Waals surface area contributed by atoms with Crippen LogP contribution in [0.1, 0.15) is 19.4 Å². The maximum atomic E-state index is 11.9. The van der Waals surface area contributed by atoms with E-state index in [0.717, 1.165) is 5.70 Å². The van der Waals surface area contributed by atoms with Crippen molar-refractivity contribution in [3.63, 3.8) is 0 Å². The molecule has 0 radical (unpaired) electrons. The molecule has 1 N–H and O–H groups in total. The minimum atomic E-state index is -0.386. The number of amides is 1. The third-order valence-electron chi connectivity index (χ3n) is 4.69. The molecule has 0 aromatic heterocycles. The summed E-state index contributed by atoms with van der Waals surface area (Å²) in [7, 11) is 2.02. The number of hydrazone groups is 1. The zero-order chi connectivity index (χ0) is 20.3. The SMILES string of the molecule is CN1/C(=C/C=N\NC(=O)COc2ccc(Cl)cc2Cl)C(C)(C)c2ccccc21. The van der Waals surface area contributed by atoms with Crippen molar-refractivity contribution in [1.29, 1.82) is 0 Å². The molecule has 0 saturated heterocycles. The Kier molecular flexibility index (Phi) is 5.96. The topological polar surface area (TPSA) is 53.9 Å². The van der Waals surface area contributed by atoms with E-state index >= 15 is 0 Å². The van der Waals surface area contributed by atoms with Gasteiger partial charge in [-0.25, -0.2) is 5.43 Å². The van der Waals surface area contributed by atoms with Crippen LogP contribution >= 0.6 is 23.2 Å². The average molecular weight is 418 g/mol. The molecule has 3 rings (SSSR count). The monoisotopic (exact) mass is 417 g/mol. The van der Waals surface area contributed by atoms with Crippen LogP contribution in [-0.4, -0.2) is 25.8 Å². The van der Waals surface area contributed by atoms with E-state index in [4.69, 9.17) is 27.9 Å². The highest BCUT2D eigenvalue weighted by Gasteiger charge is 2.37. The van der Waals surface area contributed by atoms with Crippen LogP contribution in [0.25, 0.3) is 0 Å². The number of halogens is 2. The maximum Gasteiger partial charge on any atom is 0.277 e. The molecule has 2 aromatic carbocycles. The van der Waals surface area contributed by atoms with Crippen LogP contribution in [0, 0.1) is 0 Å². The van der Waals surface area contributed by atoms with E-state index in [9.17, 15) is 4.79 Å². The summed E-state index contributed by atoms with van der Waals surface area (Å²) >= 11 is 11.8. The largest absolute Gasteiger partial charge is 0.482 e. The Bertz CT molecular complexity index is 954. The molecular weight excluding hydrogens is 397 g/mol. The summed E-state index contributed by atoms with van der Waals surface area (Å²) in [4.78, 5) is 14.0. The normalized spacial score (nSPS) is 16.5. The number of allylic oxidation sites excluding steroid dienone is 2. The van der Waals surface area contributed by atoms with E-state index in [2.05, 4.69) is 41.4 Å². The predicted molar refractivity (Wildman–Crippen MR) is 115 cm³/mol. The van der Waals surface area contributed by atoms with E-state index in [-0.39, 0.29) is 17.9 Å². The molecule has 1 heterocycles. The fraction of sp³-hybridized carbons (Fsp3) is 0.238. The third kappa shape index (κ3) is 4.16. The first kappa shape index (κ1) is 20.2. The molecule has 0 fully saturated rings. The zero-order valence-electron chi connectivity index (χ0n) is 15.9. The van der Waals surface area contributed by atoms with Crippen LogP contribution in [0.5, 0.6) is 5.75 Å². The molecule has 0 atom stereocenters. The molecule has 0 aliphatic carbocycles. The Morgan fingerprint density at radius 1 is 1.25 bits per heavy atom. The van der Waals surface area contributed by atoms with Crippen molar-refractivity contribution < 1.29 is 9.53 Å². The molecule has 2 aromatic rings. The van der Waals surface area contributed by atoms with E-state index in [1.165, 1.54) is 11.3 Å². The number of anilines is 1. The summed E-state index contributed by atoms with van der Waals surface area (Å²) in [6.45, 7) is 4.13. The summed E-state index contributed by atoms with van der Waals surface area (Å²) in [6.07, 6.45) is 3.48. The second kappa shape index (κ2) is 8.25. The van der Waals surface area contributed by atoms with Crippen molar-refractivity contribution in [2.45, 2.75) is 19.3 Å². The van der Waals surface area contributed by atoms with E-state index in [1.54, 1.807) is 24.4 Å². The number of carbonyl (C=O) groups is 1. The molecule has 0 saturated carbocycles. The molecule has 1 aliphatic rings. The van der Waals surface area contributed by atoms with Crippen molar-refractivity contribution in [2.24, 2.45) is 5.10 Å². The van der Waals surface area contributed by atoms with Crippen LogP contribution in [0.15, 0.2) is 59.3 Å². The minimum Gasteiger partial charge on any atom is -0.482 e. The second-order valence-corrected chi connectivity index (χ2v) is 7.77. The van der Waals surface area contributed by atoms with E-state index < -0.39 is 0 Å². The van der Waals surface area contributed by atoms with Crippen LogP contribution in [0.3, 0.4) is 0 Å². The Morgan fingerprint density at radius 3 is 2.71 bits per heavy atom. The summed E-state index contributed by atoms with van der Waals surface area (Å²) in [6, 6.07) is 13.1. The van der Waals surface area contributed by atoms with E-state index in [0.29, 0.717) is 15.8 Å². The highest BCUT2D eigenvalue weighted by molar-refractivity contribution is 6.35. The number of benzene rings is 2. The van der Waals surface area contributed by atoms with Gasteiger partial charge in [0, 0.05) is 35.1 Å². The standard InChI is InChI=1S/C21H21Cl2N3O2/c1-21(2)15-6-4-5-7-17(15)26(3)19(21)10-11-24-25-20(27)13-28-18-9-8-14(22)12-16(18)23/h4-12H,13H2,1-3H3,(H,25,27)/b19-10+,24-11-. The Labute approximate surface area is 174 Å². The van der Waals surface area contributed by atoms with Gasteiger partial charge < -0.3 is 9.64 Å². The lowest BCUT2D eigenvalue weighted by Gasteiger charge is -2.23. The maximum absolute atomic E-state index is 11.9. The fourth-order valence-electron chi connectivity index (χ4n) is 3.29. The first-order valence-electron chi connectivity index (χ1n) is 8.74. The first-order chi connectivity index (χ1) is 13.3. The molecule has 28 heavy (non-hydrogen) atoms. The second-order valence-electron chi connectivity index (χ2n) is 6.93. The fourth-order valence-corrected chi connectivity index (χ4v) is 3.75. The van der Waals surface area contributed by atoms with Crippen LogP contribution in [0.2, 0.25) is 10.0 Å². The van der Waals surface area contributed by atoms with Crippen molar-refractivity contribution in [3.8, 4) is 5.75 Å². The Balaban J connectivity index is 1.58. The average Bonchev–Trinajstić information content (AvgIpc) is 2.85. The summed E-state index contributed by atoms with van der Waals surface area (Å²) in [5.74, 6) is 0.00222. The number of likely N-dealkylation sites (N-methyl/N-ethyl adjacent to an activating group) is 1.